The van der Waals surface area contributed by atoms with Crippen LogP contribution >= 0.6 is 0 Å². The minimum atomic E-state index is 0.268. The molecule has 3 aromatic rings. The number of rotatable bonds is 5. The molecular formula is C24H28N4O2. The second kappa shape index (κ2) is 8.03. The minimum Gasteiger partial charge on any atom is -0.454 e. The molecule has 0 radical (unpaired) electrons. The number of aromatic nitrogens is 2. The number of anilines is 1. The van der Waals surface area contributed by atoms with Crippen molar-refractivity contribution in [1.82, 2.24) is 15.1 Å². The normalized spacial score (nSPS) is 17.3. The lowest BCUT2D eigenvalue weighted by Gasteiger charge is -2.35. The predicted molar refractivity (Wildman–Crippen MR) is 118 cm³/mol. The summed E-state index contributed by atoms with van der Waals surface area (Å²) in [4.78, 5) is 2.43. The molecular weight excluding hydrogens is 376 g/mol. The van der Waals surface area contributed by atoms with Crippen molar-refractivity contribution < 1.29 is 9.47 Å². The minimum absolute atomic E-state index is 0.268. The van der Waals surface area contributed by atoms with Crippen LogP contribution in [0, 0.1) is 6.92 Å². The standard InChI is InChI=1S/C24H28N4O2/c1-17(22-15-25-28(18(22)2)20-6-4-3-5-7-20)26-19-10-12-27(13-11-19)21-8-9-23-24(14-21)30-16-29-23/h3-9,14-15,17,19,26H,10-13,16H2,1-2H3/t17-/m0/s1. The molecule has 3 heterocycles. The molecule has 0 unspecified atom stereocenters. The van der Waals surface area contributed by atoms with Crippen molar-refractivity contribution in [3.8, 4) is 17.2 Å². The van der Waals surface area contributed by atoms with E-state index in [0.29, 0.717) is 12.8 Å². The summed E-state index contributed by atoms with van der Waals surface area (Å²) in [6.45, 7) is 6.78. The van der Waals surface area contributed by atoms with Crippen LogP contribution in [0.1, 0.15) is 37.1 Å². The van der Waals surface area contributed by atoms with E-state index in [1.54, 1.807) is 0 Å². The third-order valence-corrected chi connectivity index (χ3v) is 6.22. The van der Waals surface area contributed by atoms with Crippen molar-refractivity contribution in [2.24, 2.45) is 0 Å². The molecule has 6 heteroatoms. The Balaban J connectivity index is 1.20. The highest BCUT2D eigenvalue weighted by Gasteiger charge is 2.24. The number of para-hydroxylation sites is 1. The summed E-state index contributed by atoms with van der Waals surface area (Å²) in [7, 11) is 0. The number of benzene rings is 2. The molecule has 1 saturated heterocycles. The molecule has 1 N–H and O–H groups in total. The van der Waals surface area contributed by atoms with Gasteiger partial charge in [-0.25, -0.2) is 4.68 Å². The molecule has 0 bridgehead atoms. The largest absolute Gasteiger partial charge is 0.454 e. The monoisotopic (exact) mass is 404 g/mol. The van der Waals surface area contributed by atoms with Crippen molar-refractivity contribution in [2.45, 2.75) is 38.8 Å². The molecule has 1 aromatic heterocycles. The van der Waals surface area contributed by atoms with Crippen molar-refractivity contribution in [2.75, 3.05) is 24.8 Å². The van der Waals surface area contributed by atoms with E-state index in [-0.39, 0.29) is 6.04 Å². The number of nitrogens with one attached hydrogen (secondary N) is 1. The summed E-state index contributed by atoms with van der Waals surface area (Å²) in [5.41, 5.74) is 4.77. The van der Waals surface area contributed by atoms with Gasteiger partial charge in [0.1, 0.15) is 0 Å². The third-order valence-electron chi connectivity index (χ3n) is 6.22. The number of hydrogen-bond donors (Lipinski definition) is 1. The Morgan fingerprint density at radius 1 is 1.00 bits per heavy atom. The summed E-state index contributed by atoms with van der Waals surface area (Å²) < 4.78 is 13.0. The van der Waals surface area contributed by atoms with E-state index in [0.717, 1.165) is 43.1 Å². The van der Waals surface area contributed by atoms with Gasteiger partial charge in [0.2, 0.25) is 6.79 Å². The van der Waals surface area contributed by atoms with E-state index in [2.05, 4.69) is 53.4 Å². The van der Waals surface area contributed by atoms with Crippen LogP contribution < -0.4 is 19.7 Å². The highest BCUT2D eigenvalue weighted by atomic mass is 16.7. The fraction of sp³-hybridized carbons (Fsp3) is 0.375. The first kappa shape index (κ1) is 19.0. The molecule has 0 aliphatic carbocycles. The fourth-order valence-corrected chi connectivity index (χ4v) is 4.51. The molecule has 0 amide bonds. The summed E-state index contributed by atoms with van der Waals surface area (Å²) >= 11 is 0. The van der Waals surface area contributed by atoms with Crippen LogP contribution in [0.15, 0.2) is 54.7 Å². The van der Waals surface area contributed by atoms with E-state index < -0.39 is 0 Å². The van der Waals surface area contributed by atoms with Crippen molar-refractivity contribution >= 4 is 5.69 Å². The summed E-state index contributed by atoms with van der Waals surface area (Å²) in [6.07, 6.45) is 4.23. The topological polar surface area (TPSA) is 51.6 Å². The maximum absolute atomic E-state index is 5.53. The highest BCUT2D eigenvalue weighted by Crippen LogP contribution is 2.36. The average Bonchev–Trinajstić information content (AvgIpc) is 3.41. The zero-order valence-electron chi connectivity index (χ0n) is 17.5. The Morgan fingerprint density at radius 3 is 2.57 bits per heavy atom. The Bertz CT molecular complexity index is 1010. The van der Waals surface area contributed by atoms with Gasteiger partial charge in [-0.2, -0.15) is 5.10 Å². The van der Waals surface area contributed by atoms with Gasteiger partial charge in [-0.05, 0) is 51.0 Å². The van der Waals surface area contributed by atoms with Crippen LogP contribution in [0.4, 0.5) is 5.69 Å². The number of hydrogen-bond acceptors (Lipinski definition) is 5. The van der Waals surface area contributed by atoms with Gasteiger partial charge in [0, 0.05) is 48.2 Å². The molecule has 2 aromatic carbocycles. The lowest BCUT2D eigenvalue weighted by atomic mass is 10.0. The third kappa shape index (κ3) is 3.63. The van der Waals surface area contributed by atoms with Gasteiger partial charge in [0.05, 0.1) is 11.9 Å². The molecule has 5 rings (SSSR count). The number of ether oxygens (including phenoxy) is 2. The number of piperidine rings is 1. The van der Waals surface area contributed by atoms with Crippen LogP contribution in [0.5, 0.6) is 11.5 Å². The maximum atomic E-state index is 5.53. The van der Waals surface area contributed by atoms with Gasteiger partial charge in [-0.3, -0.25) is 0 Å². The van der Waals surface area contributed by atoms with Gasteiger partial charge < -0.3 is 19.7 Å². The Morgan fingerprint density at radius 2 is 1.77 bits per heavy atom. The highest BCUT2D eigenvalue weighted by molar-refractivity contribution is 5.57. The number of nitrogens with zero attached hydrogens (tertiary/aromatic N) is 3. The fourth-order valence-electron chi connectivity index (χ4n) is 4.51. The Kier molecular flexibility index (Phi) is 5.09. The molecule has 0 saturated carbocycles. The Hall–Kier alpha value is -2.99. The summed E-state index contributed by atoms with van der Waals surface area (Å²) in [5, 5.41) is 8.46. The first-order chi connectivity index (χ1) is 14.7. The van der Waals surface area contributed by atoms with Crippen LogP contribution in [-0.2, 0) is 0 Å². The average molecular weight is 405 g/mol. The molecule has 156 valence electrons. The van der Waals surface area contributed by atoms with Crippen LogP contribution in [0.3, 0.4) is 0 Å². The molecule has 6 nitrogen and oxygen atoms in total. The smallest absolute Gasteiger partial charge is 0.231 e. The van der Waals surface area contributed by atoms with E-state index in [1.165, 1.54) is 16.9 Å². The zero-order chi connectivity index (χ0) is 20.5. The van der Waals surface area contributed by atoms with Gasteiger partial charge in [-0.15, -0.1) is 0 Å². The lowest BCUT2D eigenvalue weighted by molar-refractivity contribution is 0.174. The van der Waals surface area contributed by atoms with Crippen molar-refractivity contribution in [3.05, 3.63) is 66.0 Å². The Labute approximate surface area is 177 Å². The van der Waals surface area contributed by atoms with E-state index in [1.807, 2.05) is 35.1 Å². The summed E-state index contributed by atoms with van der Waals surface area (Å²) in [5.74, 6) is 1.70. The van der Waals surface area contributed by atoms with Crippen molar-refractivity contribution in [1.29, 1.82) is 0 Å². The maximum Gasteiger partial charge on any atom is 0.231 e. The first-order valence-electron chi connectivity index (χ1n) is 10.7. The van der Waals surface area contributed by atoms with E-state index >= 15 is 0 Å². The quantitative estimate of drug-likeness (QED) is 0.690. The molecule has 2 aliphatic heterocycles. The molecule has 1 fully saturated rings. The number of fused-ring (bicyclic) bond motifs is 1. The predicted octanol–water partition coefficient (Wildman–Crippen LogP) is 4.23. The van der Waals surface area contributed by atoms with Crippen LogP contribution in [-0.4, -0.2) is 35.7 Å². The van der Waals surface area contributed by atoms with E-state index in [9.17, 15) is 0 Å². The summed E-state index contributed by atoms with van der Waals surface area (Å²) in [6, 6.07) is 17.3. The molecule has 1 atom stereocenters. The van der Waals surface area contributed by atoms with Crippen LogP contribution in [0.2, 0.25) is 0 Å². The first-order valence-corrected chi connectivity index (χ1v) is 10.7. The van der Waals surface area contributed by atoms with Crippen molar-refractivity contribution in [3.63, 3.8) is 0 Å². The molecule has 2 aliphatic rings. The van der Waals surface area contributed by atoms with E-state index in [4.69, 9.17) is 9.47 Å². The van der Waals surface area contributed by atoms with Crippen LogP contribution in [0.25, 0.3) is 5.69 Å². The molecule has 0 spiro atoms. The zero-order valence-corrected chi connectivity index (χ0v) is 17.5. The second-order valence-electron chi connectivity index (χ2n) is 8.12. The SMILES string of the molecule is Cc1c([C@H](C)NC2CCN(c3ccc4c(c3)OCO4)CC2)cnn1-c1ccccc1. The van der Waals surface area contributed by atoms with Gasteiger partial charge >= 0.3 is 0 Å². The van der Waals surface area contributed by atoms with Gasteiger partial charge in [0.15, 0.2) is 11.5 Å². The van der Waals surface area contributed by atoms with Gasteiger partial charge in [-0.1, -0.05) is 18.2 Å². The van der Waals surface area contributed by atoms with Gasteiger partial charge in [0.25, 0.3) is 0 Å². The lowest BCUT2D eigenvalue weighted by Crippen LogP contribution is -2.43. The molecule has 30 heavy (non-hydrogen) atoms. The second-order valence-corrected chi connectivity index (χ2v) is 8.12.